The van der Waals surface area contributed by atoms with Crippen LogP contribution in [0.3, 0.4) is 0 Å². The lowest BCUT2D eigenvalue weighted by Gasteiger charge is -2.22. The molecule has 0 fully saturated rings. The highest BCUT2D eigenvalue weighted by molar-refractivity contribution is 5.44. The maximum Gasteiger partial charge on any atom is 0.129 e. The van der Waals surface area contributed by atoms with E-state index in [0.29, 0.717) is 0 Å². The zero-order valence-electron chi connectivity index (χ0n) is 11.8. The molecule has 2 aromatic rings. The molecule has 0 radical (unpaired) electrons. The molecule has 3 heteroatoms. The van der Waals surface area contributed by atoms with Crippen LogP contribution in [-0.2, 0) is 19.4 Å². The topological polar surface area (TPSA) is 36.4 Å². The van der Waals surface area contributed by atoms with E-state index in [-0.39, 0.29) is 6.61 Å². The molecule has 0 atom stereocenters. The number of nitrogens with zero attached hydrogens (tertiary/aromatic N) is 2. The molecule has 1 aliphatic rings. The number of aryl methyl sites for hydroxylation is 1. The number of aliphatic hydroxyl groups is 1. The molecule has 1 aromatic carbocycles. The maximum atomic E-state index is 9.34. The van der Waals surface area contributed by atoms with Crippen LogP contribution in [-0.4, -0.2) is 23.2 Å². The van der Waals surface area contributed by atoms with Crippen LogP contribution in [0.4, 0.5) is 5.82 Å². The standard InChI is InChI=1S/C17H20N2O/c1-13-10-14(12-20)11-17(18-13)19-8-6-15-4-2-3-5-16(15)7-9-19/h2-5,10-11,20H,6-9,12H2,1H3. The average molecular weight is 268 g/mol. The molecule has 2 heterocycles. The summed E-state index contributed by atoms with van der Waals surface area (Å²) in [5.74, 6) is 0.988. The van der Waals surface area contributed by atoms with Crippen LogP contribution in [0.2, 0.25) is 0 Å². The summed E-state index contributed by atoms with van der Waals surface area (Å²) in [6, 6.07) is 12.6. The van der Waals surface area contributed by atoms with Crippen molar-refractivity contribution in [3.63, 3.8) is 0 Å². The van der Waals surface area contributed by atoms with Crippen molar-refractivity contribution in [3.05, 3.63) is 58.8 Å². The third-order valence-electron chi connectivity index (χ3n) is 3.93. The summed E-state index contributed by atoms with van der Waals surface area (Å²) < 4.78 is 0. The lowest BCUT2D eigenvalue weighted by molar-refractivity contribution is 0.281. The van der Waals surface area contributed by atoms with Crippen molar-refractivity contribution >= 4 is 5.82 Å². The molecule has 3 rings (SSSR count). The van der Waals surface area contributed by atoms with Gasteiger partial charge in [-0.2, -0.15) is 0 Å². The Morgan fingerprint density at radius 1 is 1.10 bits per heavy atom. The van der Waals surface area contributed by atoms with Crippen molar-refractivity contribution in [1.82, 2.24) is 4.98 Å². The fourth-order valence-corrected chi connectivity index (χ4v) is 2.87. The highest BCUT2D eigenvalue weighted by Crippen LogP contribution is 2.21. The third-order valence-corrected chi connectivity index (χ3v) is 3.93. The molecular weight excluding hydrogens is 248 g/mol. The highest BCUT2D eigenvalue weighted by Gasteiger charge is 2.15. The smallest absolute Gasteiger partial charge is 0.129 e. The molecule has 0 spiro atoms. The first kappa shape index (κ1) is 13.1. The maximum absolute atomic E-state index is 9.34. The van der Waals surface area contributed by atoms with Crippen LogP contribution in [0.5, 0.6) is 0 Å². The van der Waals surface area contributed by atoms with E-state index < -0.39 is 0 Å². The molecule has 1 N–H and O–H groups in total. The second-order valence-corrected chi connectivity index (χ2v) is 5.39. The number of aromatic nitrogens is 1. The predicted molar refractivity (Wildman–Crippen MR) is 81.0 cm³/mol. The molecule has 20 heavy (non-hydrogen) atoms. The van der Waals surface area contributed by atoms with Gasteiger partial charge in [0, 0.05) is 18.8 Å². The molecule has 0 aliphatic carbocycles. The molecule has 1 aromatic heterocycles. The summed E-state index contributed by atoms with van der Waals surface area (Å²) in [7, 11) is 0. The minimum absolute atomic E-state index is 0.0738. The number of rotatable bonds is 2. The van der Waals surface area contributed by atoms with Gasteiger partial charge in [0.05, 0.1) is 6.61 Å². The predicted octanol–water partition coefficient (Wildman–Crippen LogP) is 2.49. The molecule has 1 aliphatic heterocycles. The van der Waals surface area contributed by atoms with Gasteiger partial charge >= 0.3 is 0 Å². The van der Waals surface area contributed by atoms with Gasteiger partial charge in [0.1, 0.15) is 5.82 Å². The Kier molecular flexibility index (Phi) is 3.70. The van der Waals surface area contributed by atoms with Crippen LogP contribution in [0.1, 0.15) is 22.4 Å². The number of hydrogen-bond donors (Lipinski definition) is 1. The first-order chi connectivity index (χ1) is 9.76. The van der Waals surface area contributed by atoms with Crippen molar-refractivity contribution in [2.45, 2.75) is 26.4 Å². The van der Waals surface area contributed by atoms with Gasteiger partial charge in [-0.05, 0) is 48.6 Å². The van der Waals surface area contributed by atoms with Crippen molar-refractivity contribution in [1.29, 1.82) is 0 Å². The first-order valence-electron chi connectivity index (χ1n) is 7.16. The van der Waals surface area contributed by atoms with E-state index in [2.05, 4.69) is 34.1 Å². The van der Waals surface area contributed by atoms with Gasteiger partial charge in [0.2, 0.25) is 0 Å². The lowest BCUT2D eigenvalue weighted by Crippen LogP contribution is -2.27. The van der Waals surface area contributed by atoms with Crippen molar-refractivity contribution in [2.75, 3.05) is 18.0 Å². The minimum Gasteiger partial charge on any atom is -0.392 e. The number of fused-ring (bicyclic) bond motifs is 1. The molecule has 0 bridgehead atoms. The Morgan fingerprint density at radius 3 is 2.35 bits per heavy atom. The third kappa shape index (κ3) is 2.68. The Labute approximate surface area is 119 Å². The fraction of sp³-hybridized carbons (Fsp3) is 0.353. The summed E-state index contributed by atoms with van der Waals surface area (Å²) >= 11 is 0. The van der Waals surface area contributed by atoms with E-state index in [9.17, 15) is 5.11 Å². The normalized spacial score (nSPS) is 14.8. The molecule has 3 nitrogen and oxygen atoms in total. The van der Waals surface area contributed by atoms with E-state index in [4.69, 9.17) is 0 Å². The number of pyridine rings is 1. The molecule has 104 valence electrons. The summed E-state index contributed by atoms with van der Waals surface area (Å²) in [4.78, 5) is 6.95. The van der Waals surface area contributed by atoms with Crippen LogP contribution >= 0.6 is 0 Å². The second kappa shape index (κ2) is 5.63. The van der Waals surface area contributed by atoms with E-state index in [1.165, 1.54) is 11.1 Å². The molecule has 0 unspecified atom stereocenters. The zero-order chi connectivity index (χ0) is 13.9. The SMILES string of the molecule is Cc1cc(CO)cc(N2CCc3ccccc3CC2)n1. The van der Waals surface area contributed by atoms with Crippen molar-refractivity contribution in [3.8, 4) is 0 Å². The quantitative estimate of drug-likeness (QED) is 0.909. The van der Waals surface area contributed by atoms with Gasteiger partial charge < -0.3 is 10.0 Å². The van der Waals surface area contributed by atoms with Gasteiger partial charge in [-0.3, -0.25) is 0 Å². The van der Waals surface area contributed by atoms with Crippen LogP contribution in [0.15, 0.2) is 36.4 Å². The van der Waals surface area contributed by atoms with E-state index in [1.54, 1.807) is 0 Å². The van der Waals surface area contributed by atoms with Crippen molar-refractivity contribution in [2.24, 2.45) is 0 Å². The van der Waals surface area contributed by atoms with Gasteiger partial charge in [0.15, 0.2) is 0 Å². The zero-order valence-corrected chi connectivity index (χ0v) is 11.8. The van der Waals surface area contributed by atoms with Gasteiger partial charge in [-0.25, -0.2) is 4.98 Å². The highest BCUT2D eigenvalue weighted by atomic mass is 16.3. The second-order valence-electron chi connectivity index (χ2n) is 5.39. The monoisotopic (exact) mass is 268 g/mol. The number of anilines is 1. The molecule has 0 saturated heterocycles. The Bertz CT molecular complexity index is 583. The van der Waals surface area contributed by atoms with Gasteiger partial charge in [-0.1, -0.05) is 24.3 Å². The molecular formula is C17H20N2O. The summed E-state index contributed by atoms with van der Waals surface area (Å²) in [6.45, 7) is 4.02. The largest absolute Gasteiger partial charge is 0.392 e. The van der Waals surface area contributed by atoms with Gasteiger partial charge in [0.25, 0.3) is 0 Å². The average Bonchev–Trinajstić information content (AvgIpc) is 2.69. The Morgan fingerprint density at radius 2 is 1.75 bits per heavy atom. The lowest BCUT2D eigenvalue weighted by atomic mass is 10.0. The number of aliphatic hydroxyl groups excluding tert-OH is 1. The molecule has 0 amide bonds. The van der Waals surface area contributed by atoms with E-state index >= 15 is 0 Å². The number of hydrogen-bond acceptors (Lipinski definition) is 3. The molecule has 0 saturated carbocycles. The fourth-order valence-electron chi connectivity index (χ4n) is 2.87. The summed E-state index contributed by atoms with van der Waals surface area (Å²) in [5, 5.41) is 9.34. The van der Waals surface area contributed by atoms with Crippen LogP contribution in [0, 0.1) is 6.92 Å². The first-order valence-corrected chi connectivity index (χ1v) is 7.16. The van der Waals surface area contributed by atoms with Crippen LogP contribution in [0.25, 0.3) is 0 Å². The minimum atomic E-state index is 0.0738. The van der Waals surface area contributed by atoms with E-state index in [1.807, 2.05) is 19.1 Å². The van der Waals surface area contributed by atoms with Crippen LogP contribution < -0.4 is 4.90 Å². The Balaban J connectivity index is 1.85. The van der Waals surface area contributed by atoms with E-state index in [0.717, 1.165) is 43.0 Å². The Hall–Kier alpha value is -1.87. The number of benzene rings is 1. The summed E-state index contributed by atoms with van der Waals surface area (Å²) in [5.41, 5.74) is 4.80. The van der Waals surface area contributed by atoms with Gasteiger partial charge in [-0.15, -0.1) is 0 Å². The summed E-state index contributed by atoms with van der Waals surface area (Å²) in [6.07, 6.45) is 2.11. The van der Waals surface area contributed by atoms with Crippen molar-refractivity contribution < 1.29 is 5.11 Å².